The first-order chi connectivity index (χ1) is 10.7. The first-order valence-corrected chi connectivity index (χ1v) is 8.44. The van der Waals surface area contributed by atoms with E-state index in [1.807, 2.05) is 12.1 Å². The lowest BCUT2D eigenvalue weighted by molar-refractivity contribution is 0.188. The highest BCUT2D eigenvalue weighted by Gasteiger charge is 2.21. The van der Waals surface area contributed by atoms with Crippen LogP contribution >= 0.6 is 11.3 Å². The number of thiazole rings is 1. The molecule has 3 rings (SSSR count). The van der Waals surface area contributed by atoms with Crippen molar-refractivity contribution in [2.45, 2.75) is 32.4 Å². The fraction of sp³-hybridized carbons (Fsp3) is 0.471. The van der Waals surface area contributed by atoms with Gasteiger partial charge in [0.05, 0.1) is 19.4 Å². The minimum absolute atomic E-state index is 0.302. The minimum atomic E-state index is 0.302. The predicted octanol–water partition coefficient (Wildman–Crippen LogP) is 3.57. The van der Waals surface area contributed by atoms with E-state index in [0.29, 0.717) is 12.1 Å². The van der Waals surface area contributed by atoms with Gasteiger partial charge in [0.1, 0.15) is 10.8 Å². The molecule has 1 fully saturated rings. The lowest BCUT2D eigenvalue weighted by Gasteiger charge is -2.17. The topological polar surface area (TPSA) is 43.4 Å². The zero-order valence-electron chi connectivity index (χ0n) is 13.3. The molecule has 1 aliphatic rings. The van der Waals surface area contributed by atoms with Crippen molar-refractivity contribution in [2.24, 2.45) is 0 Å². The average Bonchev–Trinajstić information content (AvgIpc) is 3.17. The first kappa shape index (κ1) is 15.5. The van der Waals surface area contributed by atoms with Crippen LogP contribution in [0.15, 0.2) is 24.3 Å². The standard InChI is InChI=1S/C17H22N2O2S/c1-11(18-14-8-9-21-10-14)16-12(2)19-17(22-16)13-4-6-15(20-3)7-5-13/h4-7,11,14,18H,8-10H2,1-3H3/t11-,14-/m1/s1. The van der Waals surface area contributed by atoms with E-state index in [4.69, 9.17) is 14.5 Å². The first-order valence-electron chi connectivity index (χ1n) is 7.63. The molecule has 2 aromatic rings. The van der Waals surface area contributed by atoms with Crippen molar-refractivity contribution in [2.75, 3.05) is 20.3 Å². The third-order valence-electron chi connectivity index (χ3n) is 3.98. The second-order valence-electron chi connectivity index (χ2n) is 5.65. The van der Waals surface area contributed by atoms with Crippen LogP contribution in [0, 0.1) is 6.92 Å². The molecule has 0 amide bonds. The Hall–Kier alpha value is -1.43. The van der Waals surface area contributed by atoms with Gasteiger partial charge in [-0.3, -0.25) is 0 Å². The third kappa shape index (κ3) is 3.32. The Morgan fingerprint density at radius 2 is 2.14 bits per heavy atom. The van der Waals surface area contributed by atoms with Gasteiger partial charge in [-0.25, -0.2) is 4.98 Å². The molecule has 1 aromatic heterocycles. The Balaban J connectivity index is 1.76. The molecule has 1 N–H and O–H groups in total. The summed E-state index contributed by atoms with van der Waals surface area (Å²) in [6, 6.07) is 8.83. The zero-order chi connectivity index (χ0) is 15.5. The molecule has 0 saturated carbocycles. The number of nitrogens with one attached hydrogen (secondary N) is 1. The predicted molar refractivity (Wildman–Crippen MR) is 89.6 cm³/mol. The summed E-state index contributed by atoms with van der Waals surface area (Å²) in [6.45, 7) is 5.97. The van der Waals surface area contributed by atoms with Crippen LogP contribution in [0.5, 0.6) is 5.75 Å². The summed E-state index contributed by atoms with van der Waals surface area (Å²) in [4.78, 5) is 6.04. The van der Waals surface area contributed by atoms with Gasteiger partial charge in [-0.1, -0.05) is 0 Å². The van der Waals surface area contributed by atoms with Crippen LogP contribution in [0.2, 0.25) is 0 Å². The van der Waals surface area contributed by atoms with Crippen LogP contribution in [0.1, 0.15) is 30.0 Å². The molecular formula is C17H22N2O2S. The van der Waals surface area contributed by atoms with Gasteiger partial charge in [0.15, 0.2) is 0 Å². The maximum atomic E-state index is 5.43. The van der Waals surface area contributed by atoms with E-state index in [0.717, 1.165) is 41.6 Å². The van der Waals surface area contributed by atoms with Gasteiger partial charge in [-0.15, -0.1) is 11.3 Å². The number of methoxy groups -OCH3 is 1. The van der Waals surface area contributed by atoms with Crippen molar-refractivity contribution in [1.29, 1.82) is 0 Å². The van der Waals surface area contributed by atoms with E-state index < -0.39 is 0 Å². The fourth-order valence-electron chi connectivity index (χ4n) is 2.76. The second-order valence-corrected chi connectivity index (χ2v) is 6.68. The molecule has 2 heterocycles. The van der Waals surface area contributed by atoms with E-state index in [2.05, 4.69) is 31.3 Å². The number of nitrogens with zero attached hydrogens (tertiary/aromatic N) is 1. The molecule has 1 aliphatic heterocycles. The summed E-state index contributed by atoms with van der Waals surface area (Å²) >= 11 is 1.76. The number of hydrogen-bond acceptors (Lipinski definition) is 5. The molecule has 0 bridgehead atoms. The normalized spacial score (nSPS) is 19.3. The quantitative estimate of drug-likeness (QED) is 0.915. The summed E-state index contributed by atoms with van der Waals surface area (Å²) < 4.78 is 10.6. The molecule has 0 aliphatic carbocycles. The van der Waals surface area contributed by atoms with Gasteiger partial charge >= 0.3 is 0 Å². The van der Waals surface area contributed by atoms with Crippen LogP contribution < -0.4 is 10.1 Å². The number of aromatic nitrogens is 1. The van der Waals surface area contributed by atoms with Crippen LogP contribution in [-0.4, -0.2) is 31.3 Å². The lowest BCUT2D eigenvalue weighted by Crippen LogP contribution is -2.31. The van der Waals surface area contributed by atoms with Crippen LogP contribution in [0.4, 0.5) is 0 Å². The molecule has 2 atom stereocenters. The molecule has 1 saturated heterocycles. The smallest absolute Gasteiger partial charge is 0.123 e. The molecule has 118 valence electrons. The highest BCUT2D eigenvalue weighted by atomic mass is 32.1. The van der Waals surface area contributed by atoms with Gasteiger partial charge in [-0.05, 0) is 44.5 Å². The van der Waals surface area contributed by atoms with Crippen molar-refractivity contribution in [1.82, 2.24) is 10.3 Å². The van der Waals surface area contributed by atoms with Gasteiger partial charge in [0, 0.05) is 29.1 Å². The monoisotopic (exact) mass is 318 g/mol. The second kappa shape index (κ2) is 6.77. The maximum Gasteiger partial charge on any atom is 0.123 e. The van der Waals surface area contributed by atoms with Crippen molar-refractivity contribution < 1.29 is 9.47 Å². The number of benzene rings is 1. The SMILES string of the molecule is COc1ccc(-c2nc(C)c([C@@H](C)N[C@@H]3CCOC3)s2)cc1. The van der Waals surface area contributed by atoms with Gasteiger partial charge < -0.3 is 14.8 Å². The molecule has 1 aromatic carbocycles. The fourth-order valence-corrected chi connectivity index (χ4v) is 3.85. The minimum Gasteiger partial charge on any atom is -0.497 e. The van der Waals surface area contributed by atoms with E-state index in [-0.39, 0.29) is 0 Å². The van der Waals surface area contributed by atoms with E-state index in [9.17, 15) is 0 Å². The number of hydrogen-bond donors (Lipinski definition) is 1. The van der Waals surface area contributed by atoms with Crippen LogP contribution in [0.25, 0.3) is 10.6 Å². The van der Waals surface area contributed by atoms with Crippen molar-refractivity contribution in [3.63, 3.8) is 0 Å². The Kier molecular flexibility index (Phi) is 4.76. The van der Waals surface area contributed by atoms with E-state index in [1.54, 1.807) is 18.4 Å². The third-order valence-corrected chi connectivity index (χ3v) is 5.37. The molecule has 0 unspecified atom stereocenters. The summed E-state index contributed by atoms with van der Waals surface area (Å²) in [6.07, 6.45) is 1.09. The Bertz CT molecular complexity index is 618. The van der Waals surface area contributed by atoms with Crippen molar-refractivity contribution in [3.8, 4) is 16.3 Å². The van der Waals surface area contributed by atoms with Crippen LogP contribution in [-0.2, 0) is 4.74 Å². The summed E-state index contributed by atoms with van der Waals surface area (Å²) in [5.41, 5.74) is 2.24. The summed E-state index contributed by atoms with van der Waals surface area (Å²) in [7, 11) is 1.68. The summed E-state index contributed by atoms with van der Waals surface area (Å²) in [5, 5.41) is 4.71. The number of aryl methyl sites for hydroxylation is 1. The lowest BCUT2D eigenvalue weighted by atomic mass is 10.2. The highest BCUT2D eigenvalue weighted by molar-refractivity contribution is 7.15. The van der Waals surface area contributed by atoms with E-state index >= 15 is 0 Å². The molecular weight excluding hydrogens is 296 g/mol. The van der Waals surface area contributed by atoms with Crippen molar-refractivity contribution >= 4 is 11.3 Å². The van der Waals surface area contributed by atoms with E-state index in [1.165, 1.54) is 4.88 Å². The molecule has 0 spiro atoms. The maximum absolute atomic E-state index is 5.43. The van der Waals surface area contributed by atoms with Gasteiger partial charge in [-0.2, -0.15) is 0 Å². The molecule has 4 nitrogen and oxygen atoms in total. The molecule has 22 heavy (non-hydrogen) atoms. The zero-order valence-corrected chi connectivity index (χ0v) is 14.1. The molecule has 5 heteroatoms. The van der Waals surface area contributed by atoms with Crippen molar-refractivity contribution in [3.05, 3.63) is 34.8 Å². The average molecular weight is 318 g/mol. The Labute approximate surface area is 135 Å². The number of rotatable bonds is 5. The Morgan fingerprint density at radius 1 is 1.36 bits per heavy atom. The van der Waals surface area contributed by atoms with Gasteiger partial charge in [0.25, 0.3) is 0 Å². The molecule has 0 radical (unpaired) electrons. The summed E-state index contributed by atoms with van der Waals surface area (Å²) in [5.74, 6) is 0.869. The Morgan fingerprint density at radius 3 is 2.77 bits per heavy atom. The van der Waals surface area contributed by atoms with Crippen LogP contribution in [0.3, 0.4) is 0 Å². The highest BCUT2D eigenvalue weighted by Crippen LogP contribution is 2.32. The van der Waals surface area contributed by atoms with Gasteiger partial charge in [0.2, 0.25) is 0 Å². The number of ether oxygens (including phenoxy) is 2. The largest absolute Gasteiger partial charge is 0.497 e.